The average Bonchev–Trinajstić information content (AvgIpc) is 3.26. The Balaban J connectivity index is 1.37. The maximum Gasteiger partial charge on any atom is 0.227 e. The van der Waals surface area contributed by atoms with Crippen LogP contribution in [0.2, 0.25) is 0 Å². The molecule has 1 aliphatic heterocycles. The van der Waals surface area contributed by atoms with Crippen molar-refractivity contribution in [3.8, 4) is 11.4 Å². The number of aromatic nitrogens is 2. The fraction of sp³-hybridized carbons (Fsp3) is 0.533. The summed E-state index contributed by atoms with van der Waals surface area (Å²) in [7, 11) is 0. The molecule has 0 aromatic carbocycles. The SMILES string of the molecule is O=C(CCc1nc(-c2ccsc2)no1)NCCC1CCNC1. The van der Waals surface area contributed by atoms with E-state index in [4.69, 9.17) is 4.52 Å². The van der Waals surface area contributed by atoms with Gasteiger partial charge in [-0.25, -0.2) is 0 Å². The molecule has 6 nitrogen and oxygen atoms in total. The lowest BCUT2D eigenvalue weighted by atomic mass is 10.1. The smallest absolute Gasteiger partial charge is 0.227 e. The zero-order valence-electron chi connectivity index (χ0n) is 12.4. The van der Waals surface area contributed by atoms with E-state index in [0.29, 0.717) is 30.5 Å². The number of amides is 1. The third-order valence-corrected chi connectivity index (χ3v) is 4.53. The molecule has 1 fully saturated rings. The molecular formula is C15H20N4O2S. The summed E-state index contributed by atoms with van der Waals surface area (Å²) in [5.74, 6) is 1.84. The zero-order valence-corrected chi connectivity index (χ0v) is 13.2. The molecule has 2 aromatic rings. The summed E-state index contributed by atoms with van der Waals surface area (Å²) in [6, 6.07) is 1.95. The van der Waals surface area contributed by atoms with E-state index in [-0.39, 0.29) is 5.91 Å². The highest BCUT2D eigenvalue weighted by Crippen LogP contribution is 2.19. The number of carbonyl (C=O) groups is 1. The van der Waals surface area contributed by atoms with Crippen LogP contribution in [0.5, 0.6) is 0 Å². The van der Waals surface area contributed by atoms with Crippen molar-refractivity contribution in [2.75, 3.05) is 19.6 Å². The summed E-state index contributed by atoms with van der Waals surface area (Å²) < 4.78 is 5.18. The first-order valence-electron chi connectivity index (χ1n) is 7.64. The van der Waals surface area contributed by atoms with Gasteiger partial charge in [-0.05, 0) is 43.3 Å². The van der Waals surface area contributed by atoms with Crippen molar-refractivity contribution in [1.29, 1.82) is 0 Å². The highest BCUT2D eigenvalue weighted by molar-refractivity contribution is 7.08. The zero-order chi connectivity index (χ0) is 15.2. The number of nitrogens with one attached hydrogen (secondary N) is 2. The molecule has 2 N–H and O–H groups in total. The Morgan fingerprint density at radius 1 is 1.55 bits per heavy atom. The molecule has 0 radical (unpaired) electrons. The maximum absolute atomic E-state index is 11.8. The monoisotopic (exact) mass is 320 g/mol. The Labute approximate surface area is 133 Å². The van der Waals surface area contributed by atoms with E-state index in [1.54, 1.807) is 11.3 Å². The van der Waals surface area contributed by atoms with E-state index < -0.39 is 0 Å². The second-order valence-corrected chi connectivity index (χ2v) is 6.30. The molecule has 3 rings (SSSR count). The Kier molecular flexibility index (Phi) is 5.18. The summed E-state index contributed by atoms with van der Waals surface area (Å²) >= 11 is 1.59. The molecule has 1 saturated heterocycles. The predicted octanol–water partition coefficient (Wildman–Crippen LogP) is 1.85. The minimum absolute atomic E-state index is 0.0428. The van der Waals surface area contributed by atoms with Gasteiger partial charge in [0.15, 0.2) is 0 Å². The van der Waals surface area contributed by atoms with Crippen molar-refractivity contribution in [3.63, 3.8) is 0 Å². The number of thiophene rings is 1. The van der Waals surface area contributed by atoms with Gasteiger partial charge >= 0.3 is 0 Å². The first-order valence-corrected chi connectivity index (χ1v) is 8.58. The van der Waals surface area contributed by atoms with Crippen molar-refractivity contribution in [2.24, 2.45) is 5.92 Å². The van der Waals surface area contributed by atoms with Crippen LogP contribution in [0.3, 0.4) is 0 Å². The lowest BCUT2D eigenvalue weighted by Gasteiger charge is -2.08. The third kappa shape index (κ3) is 4.14. The van der Waals surface area contributed by atoms with E-state index in [0.717, 1.165) is 31.6 Å². The Bertz CT molecular complexity index is 590. The minimum Gasteiger partial charge on any atom is -0.356 e. The molecule has 1 atom stereocenters. The fourth-order valence-electron chi connectivity index (χ4n) is 2.55. The van der Waals surface area contributed by atoms with Crippen LogP contribution >= 0.6 is 11.3 Å². The van der Waals surface area contributed by atoms with Gasteiger partial charge in [0, 0.05) is 30.3 Å². The van der Waals surface area contributed by atoms with Crippen LogP contribution < -0.4 is 10.6 Å². The standard InChI is InChI=1S/C15H20N4O2S/c20-13(17-7-4-11-3-6-16-9-11)1-2-14-18-15(19-21-14)12-5-8-22-10-12/h5,8,10-11,16H,1-4,6-7,9H2,(H,17,20). The van der Waals surface area contributed by atoms with Crippen molar-refractivity contribution >= 4 is 17.2 Å². The number of rotatable bonds is 7. The van der Waals surface area contributed by atoms with Crippen molar-refractivity contribution in [2.45, 2.75) is 25.7 Å². The lowest BCUT2D eigenvalue weighted by Crippen LogP contribution is -2.26. The highest BCUT2D eigenvalue weighted by atomic mass is 32.1. The van der Waals surface area contributed by atoms with Crippen LogP contribution in [0.25, 0.3) is 11.4 Å². The summed E-state index contributed by atoms with van der Waals surface area (Å²) in [6.45, 7) is 2.92. The number of aryl methyl sites for hydroxylation is 1. The van der Waals surface area contributed by atoms with Crippen LogP contribution in [0, 0.1) is 5.92 Å². The molecule has 0 aliphatic carbocycles. The first-order chi connectivity index (χ1) is 10.8. The molecule has 0 bridgehead atoms. The molecule has 1 unspecified atom stereocenters. The summed E-state index contributed by atoms with van der Waals surface area (Å²) in [5.41, 5.74) is 0.953. The highest BCUT2D eigenvalue weighted by Gasteiger charge is 2.14. The van der Waals surface area contributed by atoms with Crippen LogP contribution in [-0.4, -0.2) is 35.7 Å². The molecule has 7 heteroatoms. The van der Waals surface area contributed by atoms with E-state index in [1.165, 1.54) is 6.42 Å². The van der Waals surface area contributed by atoms with Crippen molar-refractivity contribution in [3.05, 3.63) is 22.7 Å². The van der Waals surface area contributed by atoms with Crippen LogP contribution in [0.4, 0.5) is 0 Å². The molecule has 118 valence electrons. The van der Waals surface area contributed by atoms with E-state index in [9.17, 15) is 4.79 Å². The molecule has 22 heavy (non-hydrogen) atoms. The van der Waals surface area contributed by atoms with Crippen molar-refractivity contribution < 1.29 is 9.32 Å². The molecule has 0 spiro atoms. The van der Waals surface area contributed by atoms with Gasteiger partial charge < -0.3 is 15.2 Å². The molecule has 1 aliphatic rings. The molecule has 0 saturated carbocycles. The van der Waals surface area contributed by atoms with E-state index >= 15 is 0 Å². The van der Waals surface area contributed by atoms with Gasteiger partial charge in [-0.2, -0.15) is 16.3 Å². The average molecular weight is 320 g/mol. The molecule has 1 amide bonds. The maximum atomic E-state index is 11.8. The van der Waals surface area contributed by atoms with Gasteiger partial charge in [-0.3, -0.25) is 4.79 Å². The topological polar surface area (TPSA) is 80.0 Å². The number of carbonyl (C=O) groups excluding carboxylic acids is 1. The van der Waals surface area contributed by atoms with Crippen LogP contribution in [-0.2, 0) is 11.2 Å². The summed E-state index contributed by atoms with van der Waals surface area (Å²) in [6.07, 6.45) is 3.12. The summed E-state index contributed by atoms with van der Waals surface area (Å²) in [4.78, 5) is 16.1. The number of hydrogen-bond acceptors (Lipinski definition) is 6. The van der Waals surface area contributed by atoms with Gasteiger partial charge in [0.25, 0.3) is 0 Å². The second kappa shape index (κ2) is 7.51. The number of nitrogens with zero attached hydrogens (tertiary/aromatic N) is 2. The Hall–Kier alpha value is -1.73. The molecule has 2 aromatic heterocycles. The second-order valence-electron chi connectivity index (χ2n) is 5.52. The van der Waals surface area contributed by atoms with Gasteiger partial charge in [-0.15, -0.1) is 0 Å². The van der Waals surface area contributed by atoms with Gasteiger partial charge in [0.2, 0.25) is 17.6 Å². The Morgan fingerprint density at radius 3 is 3.27 bits per heavy atom. The van der Waals surface area contributed by atoms with Gasteiger partial charge in [-0.1, -0.05) is 5.16 Å². The quantitative estimate of drug-likeness (QED) is 0.814. The van der Waals surface area contributed by atoms with Gasteiger partial charge in [0.1, 0.15) is 0 Å². The van der Waals surface area contributed by atoms with Gasteiger partial charge in [0.05, 0.1) is 0 Å². The molecular weight excluding hydrogens is 300 g/mol. The number of hydrogen-bond donors (Lipinski definition) is 2. The van der Waals surface area contributed by atoms with E-state index in [2.05, 4.69) is 20.8 Å². The molecule has 3 heterocycles. The van der Waals surface area contributed by atoms with Crippen molar-refractivity contribution in [1.82, 2.24) is 20.8 Å². The normalized spacial score (nSPS) is 17.7. The predicted molar refractivity (Wildman–Crippen MR) is 84.5 cm³/mol. The fourth-order valence-corrected chi connectivity index (χ4v) is 3.19. The van der Waals surface area contributed by atoms with Crippen LogP contribution in [0.15, 0.2) is 21.3 Å². The lowest BCUT2D eigenvalue weighted by molar-refractivity contribution is -0.121. The largest absolute Gasteiger partial charge is 0.356 e. The summed E-state index contributed by atoms with van der Waals surface area (Å²) in [5, 5.41) is 14.2. The minimum atomic E-state index is 0.0428. The van der Waals surface area contributed by atoms with Crippen LogP contribution in [0.1, 0.15) is 25.2 Å². The van der Waals surface area contributed by atoms with E-state index in [1.807, 2.05) is 16.8 Å². The Morgan fingerprint density at radius 2 is 2.50 bits per heavy atom. The third-order valence-electron chi connectivity index (χ3n) is 3.85. The first kappa shape index (κ1) is 15.2.